The molecular formula is C18H24N2O3. The Labute approximate surface area is 137 Å². The van der Waals surface area contributed by atoms with Crippen molar-refractivity contribution in [3.05, 3.63) is 59.7 Å². The first kappa shape index (κ1) is 18.8. The number of aromatic nitrogens is 2. The molecule has 1 N–H and O–H groups in total. The smallest absolute Gasteiger partial charge is 0.302 e. The Morgan fingerprint density at radius 1 is 1.09 bits per heavy atom. The maximum Gasteiger partial charge on any atom is 0.302 e. The van der Waals surface area contributed by atoms with Crippen molar-refractivity contribution < 1.29 is 14.6 Å². The molecule has 0 atom stereocenters. The highest BCUT2D eigenvalue weighted by Crippen LogP contribution is 2.00. The zero-order chi connectivity index (χ0) is 16.9. The molecule has 0 saturated heterocycles. The van der Waals surface area contributed by atoms with Gasteiger partial charge in [-0.1, -0.05) is 19.1 Å². The van der Waals surface area contributed by atoms with Crippen molar-refractivity contribution in [2.45, 2.75) is 33.1 Å². The van der Waals surface area contributed by atoms with E-state index in [0.717, 1.165) is 23.5 Å². The van der Waals surface area contributed by atoms with E-state index in [2.05, 4.69) is 16.9 Å². The minimum atomic E-state index is -0.245. The van der Waals surface area contributed by atoms with Gasteiger partial charge in [0.1, 0.15) is 0 Å². The minimum absolute atomic E-state index is 0.181. The molecule has 2 aromatic rings. The Kier molecular flexibility index (Phi) is 9.24. The fraction of sp³-hybridized carbons (Fsp3) is 0.389. The predicted octanol–water partition coefficient (Wildman–Crippen LogP) is 2.37. The lowest BCUT2D eigenvalue weighted by Gasteiger charge is -2.00. The van der Waals surface area contributed by atoms with Crippen LogP contribution in [0.2, 0.25) is 0 Å². The molecule has 0 aliphatic rings. The van der Waals surface area contributed by atoms with Crippen LogP contribution >= 0.6 is 0 Å². The van der Waals surface area contributed by atoms with Gasteiger partial charge in [0.2, 0.25) is 0 Å². The number of hydrogen-bond acceptors (Lipinski definition) is 5. The molecule has 0 saturated carbocycles. The van der Waals surface area contributed by atoms with Crippen molar-refractivity contribution >= 4 is 5.97 Å². The number of ether oxygens (including phenoxy) is 1. The molecule has 2 rings (SSSR count). The fourth-order valence-electron chi connectivity index (χ4n) is 1.83. The highest BCUT2D eigenvalue weighted by atomic mass is 16.5. The molecule has 0 amide bonds. The zero-order valence-corrected chi connectivity index (χ0v) is 13.7. The van der Waals surface area contributed by atoms with Crippen LogP contribution in [-0.4, -0.2) is 34.3 Å². The summed E-state index contributed by atoms with van der Waals surface area (Å²) >= 11 is 0. The maximum absolute atomic E-state index is 10.4. The van der Waals surface area contributed by atoms with Crippen LogP contribution < -0.4 is 0 Å². The molecule has 0 aliphatic carbocycles. The SMILES string of the molecule is CC(=O)OCCc1ccccn1.CCc1cccc(CCO)n1. The van der Waals surface area contributed by atoms with Crippen LogP contribution in [0.4, 0.5) is 0 Å². The van der Waals surface area contributed by atoms with E-state index in [1.54, 1.807) is 6.20 Å². The molecule has 5 nitrogen and oxygen atoms in total. The van der Waals surface area contributed by atoms with Gasteiger partial charge in [-0.15, -0.1) is 0 Å². The van der Waals surface area contributed by atoms with Crippen LogP contribution in [0.1, 0.15) is 30.9 Å². The van der Waals surface area contributed by atoms with E-state index in [-0.39, 0.29) is 12.6 Å². The third kappa shape index (κ3) is 8.68. The van der Waals surface area contributed by atoms with Crippen molar-refractivity contribution in [1.29, 1.82) is 0 Å². The second kappa shape index (κ2) is 11.3. The van der Waals surface area contributed by atoms with Crippen molar-refractivity contribution in [2.24, 2.45) is 0 Å². The molecule has 23 heavy (non-hydrogen) atoms. The number of nitrogens with zero attached hydrogens (tertiary/aromatic N) is 2. The topological polar surface area (TPSA) is 72.3 Å². The van der Waals surface area contributed by atoms with Crippen molar-refractivity contribution in [3.63, 3.8) is 0 Å². The highest BCUT2D eigenvalue weighted by molar-refractivity contribution is 5.65. The third-order valence-electron chi connectivity index (χ3n) is 2.98. The van der Waals surface area contributed by atoms with Crippen LogP contribution in [0.15, 0.2) is 42.6 Å². The molecule has 0 bridgehead atoms. The molecule has 0 radical (unpaired) electrons. The van der Waals surface area contributed by atoms with Crippen molar-refractivity contribution in [3.8, 4) is 0 Å². The van der Waals surface area contributed by atoms with E-state index in [1.807, 2.05) is 36.4 Å². The molecule has 0 fully saturated rings. The van der Waals surface area contributed by atoms with Gasteiger partial charge in [0.15, 0.2) is 0 Å². The molecular weight excluding hydrogens is 292 g/mol. The summed E-state index contributed by atoms with van der Waals surface area (Å²) in [5, 5.41) is 8.64. The Hall–Kier alpha value is -2.27. The monoisotopic (exact) mass is 316 g/mol. The van der Waals surface area contributed by atoms with Crippen LogP contribution in [0.25, 0.3) is 0 Å². The van der Waals surface area contributed by atoms with E-state index in [0.29, 0.717) is 19.4 Å². The Bertz CT molecular complexity index is 573. The average Bonchev–Trinajstić information content (AvgIpc) is 2.57. The molecule has 0 unspecified atom stereocenters. The van der Waals surface area contributed by atoms with Gasteiger partial charge in [0, 0.05) is 49.7 Å². The zero-order valence-electron chi connectivity index (χ0n) is 13.7. The van der Waals surface area contributed by atoms with Gasteiger partial charge in [0.25, 0.3) is 0 Å². The van der Waals surface area contributed by atoms with Crippen LogP contribution in [-0.2, 0) is 28.8 Å². The standard InChI is InChI=1S/C9H11NO2.C9H13NO/c1-8(11)12-7-5-9-4-2-3-6-10-9;1-2-8-4-3-5-9(10-8)6-7-11/h2-4,6H,5,7H2,1H3;3-5,11H,2,6-7H2,1H3. The average molecular weight is 316 g/mol. The van der Waals surface area contributed by atoms with Crippen LogP contribution in [0.3, 0.4) is 0 Å². The van der Waals surface area contributed by atoms with Crippen LogP contribution in [0.5, 0.6) is 0 Å². The largest absolute Gasteiger partial charge is 0.465 e. The summed E-state index contributed by atoms with van der Waals surface area (Å²) in [6.07, 6.45) is 4.02. The van der Waals surface area contributed by atoms with E-state index in [4.69, 9.17) is 9.84 Å². The first-order valence-corrected chi connectivity index (χ1v) is 7.74. The number of aliphatic hydroxyl groups is 1. The lowest BCUT2D eigenvalue weighted by Crippen LogP contribution is -2.03. The molecule has 2 aromatic heterocycles. The van der Waals surface area contributed by atoms with E-state index in [1.165, 1.54) is 6.92 Å². The summed E-state index contributed by atoms with van der Waals surface area (Å²) in [5.41, 5.74) is 3.02. The van der Waals surface area contributed by atoms with Gasteiger partial charge < -0.3 is 9.84 Å². The normalized spacial score (nSPS) is 9.70. The first-order valence-electron chi connectivity index (χ1n) is 7.74. The molecule has 0 aromatic carbocycles. The van der Waals surface area contributed by atoms with Gasteiger partial charge >= 0.3 is 5.97 Å². The summed E-state index contributed by atoms with van der Waals surface area (Å²) in [6.45, 7) is 4.07. The van der Waals surface area contributed by atoms with E-state index < -0.39 is 0 Å². The summed E-state index contributed by atoms with van der Waals surface area (Å²) in [6, 6.07) is 11.6. The second-order valence-electron chi connectivity index (χ2n) is 4.86. The summed E-state index contributed by atoms with van der Waals surface area (Å²) in [4.78, 5) is 18.8. The predicted molar refractivity (Wildman–Crippen MR) is 89.0 cm³/mol. The quantitative estimate of drug-likeness (QED) is 0.828. The minimum Gasteiger partial charge on any atom is -0.465 e. The second-order valence-corrected chi connectivity index (χ2v) is 4.86. The number of aliphatic hydroxyl groups excluding tert-OH is 1. The first-order chi connectivity index (χ1) is 11.2. The third-order valence-corrected chi connectivity index (χ3v) is 2.98. The maximum atomic E-state index is 10.4. The van der Waals surface area contributed by atoms with E-state index >= 15 is 0 Å². The molecule has 0 aliphatic heterocycles. The number of esters is 1. The van der Waals surface area contributed by atoms with Gasteiger partial charge in [-0.2, -0.15) is 0 Å². The molecule has 0 spiro atoms. The number of hydrogen-bond donors (Lipinski definition) is 1. The Morgan fingerprint density at radius 3 is 2.43 bits per heavy atom. The number of pyridine rings is 2. The lowest BCUT2D eigenvalue weighted by atomic mass is 10.2. The van der Waals surface area contributed by atoms with Crippen molar-refractivity contribution in [1.82, 2.24) is 9.97 Å². The summed E-state index contributed by atoms with van der Waals surface area (Å²) < 4.78 is 4.77. The molecule has 5 heteroatoms. The molecule has 124 valence electrons. The van der Waals surface area contributed by atoms with Gasteiger partial charge in [-0.05, 0) is 30.7 Å². The Balaban J connectivity index is 0.000000231. The fourth-order valence-corrected chi connectivity index (χ4v) is 1.83. The number of carbonyl (C=O) groups is 1. The molecule has 2 heterocycles. The lowest BCUT2D eigenvalue weighted by molar-refractivity contribution is -0.140. The number of rotatable bonds is 6. The number of carbonyl (C=O) groups excluding carboxylic acids is 1. The van der Waals surface area contributed by atoms with Crippen molar-refractivity contribution in [2.75, 3.05) is 13.2 Å². The van der Waals surface area contributed by atoms with E-state index in [9.17, 15) is 4.79 Å². The summed E-state index contributed by atoms with van der Waals surface area (Å²) in [5.74, 6) is -0.245. The van der Waals surface area contributed by atoms with Crippen LogP contribution in [0, 0.1) is 0 Å². The summed E-state index contributed by atoms with van der Waals surface area (Å²) in [7, 11) is 0. The highest BCUT2D eigenvalue weighted by Gasteiger charge is 1.95. The Morgan fingerprint density at radius 2 is 1.83 bits per heavy atom. The van der Waals surface area contributed by atoms with Gasteiger partial charge in [-0.3, -0.25) is 14.8 Å². The van der Waals surface area contributed by atoms with Gasteiger partial charge in [-0.25, -0.2) is 0 Å². The van der Waals surface area contributed by atoms with Gasteiger partial charge in [0.05, 0.1) is 6.61 Å². The number of aryl methyl sites for hydroxylation is 1.